The highest BCUT2D eigenvalue weighted by Crippen LogP contribution is 2.34. The maximum atomic E-state index is 12.5. The van der Waals surface area contributed by atoms with Crippen molar-refractivity contribution in [2.24, 2.45) is 0 Å². The lowest BCUT2D eigenvalue weighted by atomic mass is 10.1. The zero-order chi connectivity index (χ0) is 15.2. The van der Waals surface area contributed by atoms with Crippen LogP contribution in [0.4, 0.5) is 0 Å². The van der Waals surface area contributed by atoms with Crippen molar-refractivity contribution in [3.63, 3.8) is 0 Å². The summed E-state index contributed by atoms with van der Waals surface area (Å²) in [5.74, 6) is 0.269. The molecule has 0 N–H and O–H groups in total. The van der Waals surface area contributed by atoms with Gasteiger partial charge in [-0.1, -0.05) is 38.1 Å². The SMILES string of the molecule is CCCN(CCC)C(=O)CN(C)[C@H]1CCc2ccccc21. The van der Waals surface area contributed by atoms with Gasteiger partial charge >= 0.3 is 0 Å². The summed E-state index contributed by atoms with van der Waals surface area (Å²) in [7, 11) is 2.08. The van der Waals surface area contributed by atoms with Gasteiger partial charge in [-0.25, -0.2) is 0 Å². The molecule has 1 aliphatic rings. The summed E-state index contributed by atoms with van der Waals surface area (Å²) in [6.07, 6.45) is 4.32. The second kappa shape index (κ2) is 7.60. The first-order chi connectivity index (χ1) is 10.2. The number of hydrogen-bond donors (Lipinski definition) is 0. The van der Waals surface area contributed by atoms with Gasteiger partial charge in [-0.15, -0.1) is 0 Å². The van der Waals surface area contributed by atoms with Crippen molar-refractivity contribution in [3.05, 3.63) is 35.4 Å². The number of carbonyl (C=O) groups is 1. The standard InChI is InChI=1S/C18H28N2O/c1-4-12-20(13-5-2)18(21)14-19(3)17-11-10-15-8-6-7-9-16(15)17/h6-9,17H,4-5,10-14H2,1-3H3/t17-/m0/s1. The Hall–Kier alpha value is -1.35. The van der Waals surface area contributed by atoms with Crippen LogP contribution in [0.3, 0.4) is 0 Å². The smallest absolute Gasteiger partial charge is 0.236 e. The second-order valence-electron chi connectivity index (χ2n) is 6.05. The first-order valence-electron chi connectivity index (χ1n) is 8.23. The van der Waals surface area contributed by atoms with E-state index in [2.05, 4.69) is 50.1 Å². The normalized spacial score (nSPS) is 17.0. The molecule has 0 heterocycles. The lowest BCUT2D eigenvalue weighted by molar-refractivity contribution is -0.132. The Morgan fingerprint density at radius 1 is 1.19 bits per heavy atom. The molecule has 3 heteroatoms. The summed E-state index contributed by atoms with van der Waals surface area (Å²) >= 11 is 0. The molecule has 21 heavy (non-hydrogen) atoms. The molecule has 0 spiro atoms. The van der Waals surface area contributed by atoms with E-state index in [1.165, 1.54) is 11.1 Å². The number of aryl methyl sites for hydroxylation is 1. The molecule has 0 saturated carbocycles. The number of rotatable bonds is 7. The quantitative estimate of drug-likeness (QED) is 0.769. The third kappa shape index (κ3) is 3.85. The fraction of sp³-hybridized carbons (Fsp3) is 0.611. The maximum Gasteiger partial charge on any atom is 0.236 e. The third-order valence-electron chi connectivity index (χ3n) is 4.36. The van der Waals surface area contributed by atoms with Gasteiger partial charge < -0.3 is 4.90 Å². The highest BCUT2D eigenvalue weighted by atomic mass is 16.2. The first kappa shape index (κ1) is 16.0. The Kier molecular flexibility index (Phi) is 5.80. The number of fused-ring (bicyclic) bond motifs is 1. The summed E-state index contributed by atoms with van der Waals surface area (Å²) in [4.78, 5) is 16.7. The zero-order valence-electron chi connectivity index (χ0n) is 13.6. The van der Waals surface area contributed by atoms with Gasteiger partial charge in [-0.05, 0) is 43.9 Å². The van der Waals surface area contributed by atoms with Gasteiger partial charge in [0.05, 0.1) is 6.54 Å². The monoisotopic (exact) mass is 288 g/mol. The molecule has 0 fully saturated rings. The molecule has 116 valence electrons. The number of likely N-dealkylation sites (N-methyl/N-ethyl adjacent to an activating group) is 1. The van der Waals surface area contributed by atoms with Gasteiger partial charge in [-0.3, -0.25) is 9.69 Å². The highest BCUT2D eigenvalue weighted by molar-refractivity contribution is 5.78. The minimum absolute atomic E-state index is 0.269. The summed E-state index contributed by atoms with van der Waals surface area (Å²) < 4.78 is 0. The van der Waals surface area contributed by atoms with Crippen LogP contribution in [0.1, 0.15) is 50.3 Å². The topological polar surface area (TPSA) is 23.6 Å². The summed E-state index contributed by atoms with van der Waals surface area (Å²) in [6, 6.07) is 9.04. The van der Waals surface area contributed by atoms with Crippen LogP contribution in [0.2, 0.25) is 0 Å². The van der Waals surface area contributed by atoms with Crippen molar-refractivity contribution in [1.82, 2.24) is 9.80 Å². The summed E-state index contributed by atoms with van der Waals surface area (Å²) in [6.45, 7) is 6.54. The van der Waals surface area contributed by atoms with Crippen LogP contribution in [0.5, 0.6) is 0 Å². The van der Waals surface area contributed by atoms with E-state index in [0.717, 1.165) is 38.8 Å². The molecule has 3 nitrogen and oxygen atoms in total. The Balaban J connectivity index is 1.98. The van der Waals surface area contributed by atoms with Crippen molar-refractivity contribution in [1.29, 1.82) is 0 Å². The lowest BCUT2D eigenvalue weighted by Gasteiger charge is -2.28. The number of carbonyl (C=O) groups excluding carboxylic acids is 1. The van der Waals surface area contributed by atoms with Crippen LogP contribution in [0, 0.1) is 0 Å². The maximum absolute atomic E-state index is 12.5. The molecule has 0 bridgehead atoms. The molecule has 0 unspecified atom stereocenters. The Labute approximate surface area is 128 Å². The van der Waals surface area contributed by atoms with E-state index in [4.69, 9.17) is 0 Å². The molecule has 0 radical (unpaired) electrons. The molecule has 0 aromatic heterocycles. The van der Waals surface area contributed by atoms with Gasteiger partial charge in [0.15, 0.2) is 0 Å². The third-order valence-corrected chi connectivity index (χ3v) is 4.36. The Bertz CT molecular complexity index is 466. The molecule has 1 atom stereocenters. The van der Waals surface area contributed by atoms with Gasteiger partial charge in [0.1, 0.15) is 0 Å². The minimum Gasteiger partial charge on any atom is -0.342 e. The number of nitrogens with zero attached hydrogens (tertiary/aromatic N) is 2. The van der Waals surface area contributed by atoms with E-state index in [1.54, 1.807) is 0 Å². The molecular weight excluding hydrogens is 260 g/mol. The van der Waals surface area contributed by atoms with Crippen LogP contribution in [-0.2, 0) is 11.2 Å². The molecule has 0 aliphatic heterocycles. The van der Waals surface area contributed by atoms with Crippen LogP contribution in [0.25, 0.3) is 0 Å². The average molecular weight is 288 g/mol. The van der Waals surface area contributed by atoms with Gasteiger partial charge in [0.25, 0.3) is 0 Å². The van der Waals surface area contributed by atoms with E-state index in [-0.39, 0.29) is 5.91 Å². The van der Waals surface area contributed by atoms with Crippen molar-refractivity contribution >= 4 is 5.91 Å². The Morgan fingerprint density at radius 3 is 2.52 bits per heavy atom. The fourth-order valence-electron chi connectivity index (χ4n) is 3.32. The lowest BCUT2D eigenvalue weighted by Crippen LogP contribution is -2.40. The van der Waals surface area contributed by atoms with Gasteiger partial charge in [0.2, 0.25) is 5.91 Å². The van der Waals surface area contributed by atoms with Crippen molar-refractivity contribution in [2.45, 2.75) is 45.6 Å². The van der Waals surface area contributed by atoms with Crippen LogP contribution in [0.15, 0.2) is 24.3 Å². The molecule has 2 rings (SSSR count). The summed E-state index contributed by atoms with van der Waals surface area (Å²) in [5, 5.41) is 0. The number of hydrogen-bond acceptors (Lipinski definition) is 2. The van der Waals surface area contributed by atoms with Gasteiger partial charge in [-0.2, -0.15) is 0 Å². The predicted octanol–water partition coefficient (Wildman–Crippen LogP) is 3.25. The predicted molar refractivity (Wildman–Crippen MR) is 87.3 cm³/mol. The fourth-order valence-corrected chi connectivity index (χ4v) is 3.32. The first-order valence-corrected chi connectivity index (χ1v) is 8.23. The van der Waals surface area contributed by atoms with Crippen LogP contribution < -0.4 is 0 Å². The summed E-state index contributed by atoms with van der Waals surface area (Å²) in [5.41, 5.74) is 2.85. The van der Waals surface area contributed by atoms with E-state index >= 15 is 0 Å². The minimum atomic E-state index is 0.269. The van der Waals surface area contributed by atoms with Crippen molar-refractivity contribution in [3.8, 4) is 0 Å². The molecule has 0 saturated heterocycles. The van der Waals surface area contributed by atoms with Crippen molar-refractivity contribution in [2.75, 3.05) is 26.7 Å². The molecule has 1 aliphatic carbocycles. The van der Waals surface area contributed by atoms with Crippen molar-refractivity contribution < 1.29 is 4.79 Å². The largest absolute Gasteiger partial charge is 0.342 e. The second-order valence-corrected chi connectivity index (χ2v) is 6.05. The van der Waals surface area contributed by atoms with Gasteiger partial charge in [0, 0.05) is 19.1 Å². The zero-order valence-corrected chi connectivity index (χ0v) is 13.6. The molecule has 1 amide bonds. The number of amides is 1. The van der Waals surface area contributed by atoms with E-state index in [1.807, 2.05) is 4.90 Å². The van der Waals surface area contributed by atoms with Crippen LogP contribution in [-0.4, -0.2) is 42.4 Å². The highest BCUT2D eigenvalue weighted by Gasteiger charge is 2.27. The Morgan fingerprint density at radius 2 is 1.86 bits per heavy atom. The van der Waals surface area contributed by atoms with Crippen LogP contribution >= 0.6 is 0 Å². The van der Waals surface area contributed by atoms with E-state index in [0.29, 0.717) is 12.6 Å². The molecular formula is C18H28N2O. The average Bonchev–Trinajstić information content (AvgIpc) is 2.91. The molecule has 1 aromatic rings. The van der Waals surface area contributed by atoms with E-state index in [9.17, 15) is 4.79 Å². The van der Waals surface area contributed by atoms with E-state index < -0.39 is 0 Å². The molecule has 1 aromatic carbocycles. The number of benzene rings is 1.